The molecule has 3 aromatic rings. The summed E-state index contributed by atoms with van der Waals surface area (Å²) in [6.45, 7) is 7.49. The minimum absolute atomic E-state index is 0.146. The van der Waals surface area contributed by atoms with Gasteiger partial charge in [-0.25, -0.2) is 9.78 Å². The SMILES string of the molecule is CCN(CC)CCNC(=O)c1ccc(OC)c(Nc2cncc(-c3ccc(O)cc3)n2)c1.O=C(O)C(F)(F)F. The van der Waals surface area contributed by atoms with Crippen LogP contribution in [0, 0.1) is 0 Å². The highest BCUT2D eigenvalue weighted by Gasteiger charge is 2.38. The number of rotatable bonds is 10. The molecule has 39 heavy (non-hydrogen) atoms. The molecule has 0 unspecified atom stereocenters. The average Bonchev–Trinajstić information content (AvgIpc) is 2.91. The molecule has 10 nitrogen and oxygen atoms in total. The number of hydrogen-bond acceptors (Lipinski definition) is 8. The first-order valence-electron chi connectivity index (χ1n) is 11.9. The molecular formula is C26H30F3N5O5. The van der Waals surface area contributed by atoms with Crippen LogP contribution in [0.15, 0.2) is 54.9 Å². The molecule has 2 aromatic carbocycles. The van der Waals surface area contributed by atoms with E-state index >= 15 is 0 Å². The number of aromatic hydroxyl groups is 1. The van der Waals surface area contributed by atoms with E-state index in [2.05, 4.69) is 39.3 Å². The number of carbonyl (C=O) groups is 2. The predicted octanol–water partition coefficient (Wildman–Crippen LogP) is 4.31. The highest BCUT2D eigenvalue weighted by atomic mass is 19.4. The molecule has 3 rings (SSSR count). The van der Waals surface area contributed by atoms with Gasteiger partial charge in [-0.3, -0.25) is 9.78 Å². The Bertz CT molecular complexity index is 1240. The Morgan fingerprint density at radius 1 is 1.05 bits per heavy atom. The lowest BCUT2D eigenvalue weighted by Crippen LogP contribution is -2.34. The number of carbonyl (C=O) groups excluding carboxylic acids is 1. The molecule has 0 aliphatic carbocycles. The standard InChI is InChI=1S/C24H29N5O3.C2HF3O2/c1-4-29(5-2)13-12-26-24(31)18-8-11-22(32-3)20(14-18)27-23-16-25-15-21(28-23)17-6-9-19(30)10-7-17;3-2(4,5)1(6)7/h6-11,14-16,30H,4-5,12-13H2,1-3H3,(H,26,31)(H,27,28);(H,6,7). The van der Waals surface area contributed by atoms with Crippen LogP contribution in [0.1, 0.15) is 24.2 Å². The zero-order valence-electron chi connectivity index (χ0n) is 21.6. The molecule has 0 bridgehead atoms. The topological polar surface area (TPSA) is 137 Å². The van der Waals surface area contributed by atoms with Crippen LogP contribution in [-0.4, -0.2) is 76.4 Å². The van der Waals surface area contributed by atoms with Gasteiger partial charge in [-0.05, 0) is 55.6 Å². The summed E-state index contributed by atoms with van der Waals surface area (Å²) >= 11 is 0. The molecule has 1 aromatic heterocycles. The van der Waals surface area contributed by atoms with E-state index in [4.69, 9.17) is 14.6 Å². The molecular weight excluding hydrogens is 519 g/mol. The summed E-state index contributed by atoms with van der Waals surface area (Å²) in [4.78, 5) is 32.6. The number of phenolic OH excluding ortho intramolecular Hbond substituents is 1. The number of aliphatic carboxylic acids is 1. The van der Waals surface area contributed by atoms with Crippen molar-refractivity contribution in [3.05, 3.63) is 60.4 Å². The first-order valence-corrected chi connectivity index (χ1v) is 11.9. The number of amides is 1. The summed E-state index contributed by atoms with van der Waals surface area (Å²) in [6.07, 6.45) is -1.84. The molecule has 0 spiro atoms. The molecule has 0 atom stereocenters. The van der Waals surface area contributed by atoms with Crippen LogP contribution in [0.25, 0.3) is 11.3 Å². The van der Waals surface area contributed by atoms with Crippen LogP contribution in [0.5, 0.6) is 11.5 Å². The van der Waals surface area contributed by atoms with Crippen molar-refractivity contribution >= 4 is 23.4 Å². The van der Waals surface area contributed by atoms with Gasteiger partial charge in [0.2, 0.25) is 0 Å². The lowest BCUT2D eigenvalue weighted by molar-refractivity contribution is -0.192. The molecule has 0 fully saturated rings. The Balaban J connectivity index is 0.000000673. The van der Waals surface area contributed by atoms with E-state index in [-0.39, 0.29) is 11.7 Å². The first kappa shape index (κ1) is 30.8. The number of nitrogens with one attached hydrogen (secondary N) is 2. The molecule has 13 heteroatoms. The van der Waals surface area contributed by atoms with Gasteiger partial charge in [-0.2, -0.15) is 13.2 Å². The van der Waals surface area contributed by atoms with E-state index in [1.807, 2.05) is 0 Å². The molecule has 1 heterocycles. The molecule has 4 N–H and O–H groups in total. The van der Waals surface area contributed by atoms with Crippen LogP contribution in [0.4, 0.5) is 24.7 Å². The van der Waals surface area contributed by atoms with Gasteiger partial charge in [0, 0.05) is 24.2 Å². The second kappa shape index (κ2) is 14.5. The Labute approximate surface area is 223 Å². The Morgan fingerprint density at radius 3 is 2.26 bits per heavy atom. The van der Waals surface area contributed by atoms with Crippen molar-refractivity contribution in [3.63, 3.8) is 0 Å². The van der Waals surface area contributed by atoms with Crippen molar-refractivity contribution < 1.29 is 37.7 Å². The summed E-state index contributed by atoms with van der Waals surface area (Å²) in [5.74, 6) is -1.62. The monoisotopic (exact) mass is 549 g/mol. The summed E-state index contributed by atoms with van der Waals surface area (Å²) < 4.78 is 37.2. The van der Waals surface area contributed by atoms with Gasteiger partial charge >= 0.3 is 12.1 Å². The number of hydrogen-bond donors (Lipinski definition) is 4. The van der Waals surface area contributed by atoms with Gasteiger partial charge < -0.3 is 30.5 Å². The number of carboxylic acid groups (broad SMARTS) is 1. The zero-order valence-corrected chi connectivity index (χ0v) is 21.6. The lowest BCUT2D eigenvalue weighted by atomic mass is 10.1. The predicted molar refractivity (Wildman–Crippen MR) is 139 cm³/mol. The van der Waals surface area contributed by atoms with Crippen molar-refractivity contribution in [1.29, 1.82) is 0 Å². The molecule has 1 amide bonds. The van der Waals surface area contributed by atoms with Crippen molar-refractivity contribution in [2.45, 2.75) is 20.0 Å². The number of alkyl halides is 3. The Morgan fingerprint density at radius 2 is 1.69 bits per heavy atom. The van der Waals surface area contributed by atoms with Crippen molar-refractivity contribution in [1.82, 2.24) is 20.2 Å². The van der Waals surface area contributed by atoms with Crippen LogP contribution in [0.3, 0.4) is 0 Å². The minimum atomic E-state index is -5.08. The van der Waals surface area contributed by atoms with Gasteiger partial charge in [0.1, 0.15) is 17.3 Å². The Hall–Kier alpha value is -4.39. The van der Waals surface area contributed by atoms with Crippen LogP contribution in [-0.2, 0) is 4.79 Å². The quantitative estimate of drug-likeness (QED) is 0.292. The van der Waals surface area contributed by atoms with Gasteiger partial charge in [-0.15, -0.1) is 0 Å². The third-order valence-electron chi connectivity index (χ3n) is 5.37. The number of benzene rings is 2. The number of halogens is 3. The maximum atomic E-state index is 12.6. The van der Waals surface area contributed by atoms with Gasteiger partial charge in [0.25, 0.3) is 5.91 Å². The maximum Gasteiger partial charge on any atom is 0.490 e. The smallest absolute Gasteiger partial charge is 0.490 e. The van der Waals surface area contributed by atoms with Gasteiger partial charge in [0.05, 0.1) is 30.9 Å². The second-order valence-electron chi connectivity index (χ2n) is 7.96. The summed E-state index contributed by atoms with van der Waals surface area (Å²) in [5.41, 5.74) is 2.61. The van der Waals surface area contributed by atoms with E-state index in [1.165, 1.54) is 0 Å². The highest BCUT2D eigenvalue weighted by Crippen LogP contribution is 2.29. The zero-order chi connectivity index (χ0) is 29.0. The number of phenols is 1. The number of carboxylic acids is 1. The minimum Gasteiger partial charge on any atom is -0.508 e. The fourth-order valence-corrected chi connectivity index (χ4v) is 3.25. The average molecular weight is 550 g/mol. The van der Waals surface area contributed by atoms with Crippen molar-refractivity contribution in [2.24, 2.45) is 0 Å². The number of ether oxygens (including phenoxy) is 1. The third-order valence-corrected chi connectivity index (χ3v) is 5.37. The number of methoxy groups -OCH3 is 1. The van der Waals surface area contributed by atoms with Crippen molar-refractivity contribution in [3.8, 4) is 22.8 Å². The van der Waals surface area contributed by atoms with Gasteiger partial charge in [0.15, 0.2) is 0 Å². The van der Waals surface area contributed by atoms with Gasteiger partial charge in [-0.1, -0.05) is 13.8 Å². The number of nitrogens with zero attached hydrogens (tertiary/aromatic N) is 3. The summed E-state index contributed by atoms with van der Waals surface area (Å²) in [7, 11) is 1.57. The molecule has 0 radical (unpaired) electrons. The molecule has 0 saturated heterocycles. The summed E-state index contributed by atoms with van der Waals surface area (Å²) in [5, 5.41) is 22.8. The first-order chi connectivity index (χ1) is 18.5. The van der Waals surface area contributed by atoms with E-state index in [1.54, 1.807) is 62.0 Å². The maximum absolute atomic E-state index is 12.6. The summed E-state index contributed by atoms with van der Waals surface area (Å²) in [6, 6.07) is 12.0. The van der Waals surface area contributed by atoms with Crippen LogP contribution >= 0.6 is 0 Å². The molecule has 0 aliphatic rings. The van der Waals surface area contributed by atoms with E-state index in [0.717, 1.165) is 25.2 Å². The fraction of sp³-hybridized carbons (Fsp3) is 0.308. The normalized spacial score (nSPS) is 10.8. The second-order valence-corrected chi connectivity index (χ2v) is 7.96. The molecule has 210 valence electrons. The molecule has 0 aliphatic heterocycles. The van der Waals surface area contributed by atoms with Crippen LogP contribution in [0.2, 0.25) is 0 Å². The number of aromatic nitrogens is 2. The highest BCUT2D eigenvalue weighted by molar-refractivity contribution is 5.95. The van der Waals surface area contributed by atoms with E-state index in [9.17, 15) is 23.1 Å². The number of likely N-dealkylation sites (N-methyl/N-ethyl adjacent to an activating group) is 1. The van der Waals surface area contributed by atoms with Crippen molar-refractivity contribution in [2.75, 3.05) is 38.6 Å². The van der Waals surface area contributed by atoms with Crippen LogP contribution < -0.4 is 15.4 Å². The number of anilines is 2. The lowest BCUT2D eigenvalue weighted by Gasteiger charge is -2.18. The van der Waals surface area contributed by atoms with E-state index < -0.39 is 12.1 Å². The fourth-order valence-electron chi connectivity index (χ4n) is 3.25. The largest absolute Gasteiger partial charge is 0.508 e. The Kier molecular flexibility index (Phi) is 11.5. The molecule has 0 saturated carbocycles. The third kappa shape index (κ3) is 9.78. The van der Waals surface area contributed by atoms with E-state index in [0.29, 0.717) is 35.1 Å².